The molecule has 0 aromatic heterocycles. The lowest BCUT2D eigenvalue weighted by Crippen LogP contribution is -1.99. The zero-order valence-electron chi connectivity index (χ0n) is 17.4. The van der Waals surface area contributed by atoms with Crippen LogP contribution >= 0.6 is 0 Å². The Bertz CT molecular complexity index is 208. The first kappa shape index (κ1) is 24.0. The Balaban J connectivity index is 3.16. The maximum Gasteiger partial charge on any atom is -0.0417 e. The van der Waals surface area contributed by atoms with E-state index >= 15 is 0 Å². The Hall–Kier alpha value is 0. The number of hydrogen-bond donors (Lipinski definition) is 0. The second-order valence-corrected chi connectivity index (χ2v) is 8.01. The lowest BCUT2D eigenvalue weighted by Gasteiger charge is -2.14. The summed E-state index contributed by atoms with van der Waals surface area (Å²) in [6, 6.07) is 0. The van der Waals surface area contributed by atoms with E-state index in [0.29, 0.717) is 0 Å². The molecular formula is C24H49. The van der Waals surface area contributed by atoms with E-state index in [-0.39, 0.29) is 0 Å². The molecule has 0 aliphatic heterocycles. The Morgan fingerprint density at radius 1 is 0.500 bits per heavy atom. The molecule has 0 heteroatoms. The fourth-order valence-corrected chi connectivity index (χ4v) is 3.79. The van der Waals surface area contributed by atoms with Crippen molar-refractivity contribution in [2.75, 3.05) is 0 Å². The molecule has 0 saturated carbocycles. The molecule has 0 bridgehead atoms. The molecule has 0 N–H and O–H groups in total. The highest BCUT2D eigenvalue weighted by molar-refractivity contribution is 4.59. The molecule has 0 aliphatic rings. The van der Waals surface area contributed by atoms with Crippen molar-refractivity contribution in [3.8, 4) is 0 Å². The van der Waals surface area contributed by atoms with Crippen LogP contribution in [0, 0.1) is 12.8 Å². The Morgan fingerprint density at radius 3 is 1.25 bits per heavy atom. The van der Waals surface area contributed by atoms with Crippen LogP contribution in [-0.4, -0.2) is 0 Å². The quantitative estimate of drug-likeness (QED) is 0.194. The van der Waals surface area contributed by atoms with Crippen LogP contribution in [0.25, 0.3) is 0 Å². The van der Waals surface area contributed by atoms with Gasteiger partial charge in [0.25, 0.3) is 0 Å². The van der Waals surface area contributed by atoms with E-state index in [1.807, 2.05) is 0 Å². The summed E-state index contributed by atoms with van der Waals surface area (Å²) in [4.78, 5) is 0. The van der Waals surface area contributed by atoms with E-state index in [2.05, 4.69) is 20.8 Å². The van der Waals surface area contributed by atoms with Gasteiger partial charge in [-0.05, 0) is 5.92 Å². The zero-order chi connectivity index (χ0) is 17.7. The van der Waals surface area contributed by atoms with Gasteiger partial charge in [-0.2, -0.15) is 0 Å². The summed E-state index contributed by atoms with van der Waals surface area (Å²) in [5.41, 5.74) is 0. The van der Waals surface area contributed by atoms with E-state index in [0.717, 1.165) is 12.3 Å². The van der Waals surface area contributed by atoms with Crippen LogP contribution in [0.15, 0.2) is 0 Å². The molecule has 1 radical (unpaired) electrons. The minimum absolute atomic E-state index is 0.994. The summed E-state index contributed by atoms with van der Waals surface area (Å²) < 4.78 is 0. The van der Waals surface area contributed by atoms with E-state index < -0.39 is 0 Å². The fraction of sp³-hybridized carbons (Fsp3) is 0.958. The summed E-state index contributed by atoms with van der Waals surface area (Å²) >= 11 is 0. The van der Waals surface area contributed by atoms with Gasteiger partial charge in [0.2, 0.25) is 0 Å². The van der Waals surface area contributed by atoms with Crippen molar-refractivity contribution in [1.82, 2.24) is 0 Å². The molecular weight excluding hydrogens is 288 g/mol. The van der Waals surface area contributed by atoms with E-state index in [1.54, 1.807) is 0 Å². The van der Waals surface area contributed by atoms with Gasteiger partial charge in [0.15, 0.2) is 0 Å². The SMILES string of the molecule is [CH2]CCCCC(CC)CCCCCCCCCCCCCCCC. The summed E-state index contributed by atoms with van der Waals surface area (Å²) in [5, 5.41) is 0. The average Bonchev–Trinajstić information content (AvgIpc) is 2.60. The molecule has 0 fully saturated rings. The molecule has 145 valence electrons. The van der Waals surface area contributed by atoms with Crippen molar-refractivity contribution in [3.63, 3.8) is 0 Å². The average molecular weight is 338 g/mol. The normalized spacial score (nSPS) is 12.6. The van der Waals surface area contributed by atoms with Gasteiger partial charge in [0.05, 0.1) is 0 Å². The second-order valence-electron chi connectivity index (χ2n) is 8.01. The molecule has 0 aromatic carbocycles. The van der Waals surface area contributed by atoms with Crippen LogP contribution in [0.1, 0.15) is 142 Å². The number of hydrogen-bond acceptors (Lipinski definition) is 0. The molecule has 1 unspecified atom stereocenters. The van der Waals surface area contributed by atoms with Gasteiger partial charge < -0.3 is 0 Å². The van der Waals surface area contributed by atoms with Gasteiger partial charge in [-0.15, -0.1) is 0 Å². The summed E-state index contributed by atoms with van der Waals surface area (Å²) in [6.07, 6.45) is 28.7. The predicted octanol–water partition coefficient (Wildman–Crippen LogP) is 9.28. The first-order valence-corrected chi connectivity index (χ1v) is 11.6. The molecule has 0 heterocycles. The Kier molecular flexibility index (Phi) is 21.0. The largest absolute Gasteiger partial charge is 0.0654 e. The smallest absolute Gasteiger partial charge is 0.0417 e. The molecule has 0 aliphatic carbocycles. The molecule has 0 nitrogen and oxygen atoms in total. The van der Waals surface area contributed by atoms with Crippen molar-refractivity contribution in [3.05, 3.63) is 6.92 Å². The highest BCUT2D eigenvalue weighted by Gasteiger charge is 2.05. The maximum absolute atomic E-state index is 3.95. The second kappa shape index (κ2) is 21.0. The summed E-state index contributed by atoms with van der Waals surface area (Å²) in [6.45, 7) is 8.62. The van der Waals surface area contributed by atoms with Crippen LogP contribution in [0.4, 0.5) is 0 Å². The third-order valence-electron chi connectivity index (χ3n) is 5.66. The van der Waals surface area contributed by atoms with Crippen molar-refractivity contribution >= 4 is 0 Å². The summed E-state index contributed by atoms with van der Waals surface area (Å²) in [5.74, 6) is 0.994. The van der Waals surface area contributed by atoms with Crippen molar-refractivity contribution in [1.29, 1.82) is 0 Å². The Morgan fingerprint density at radius 2 is 0.875 bits per heavy atom. The van der Waals surface area contributed by atoms with Crippen molar-refractivity contribution < 1.29 is 0 Å². The van der Waals surface area contributed by atoms with E-state index in [1.165, 1.54) is 122 Å². The van der Waals surface area contributed by atoms with Crippen LogP contribution in [0.5, 0.6) is 0 Å². The minimum Gasteiger partial charge on any atom is -0.0654 e. The monoisotopic (exact) mass is 337 g/mol. The van der Waals surface area contributed by atoms with Crippen molar-refractivity contribution in [2.24, 2.45) is 5.92 Å². The van der Waals surface area contributed by atoms with Gasteiger partial charge in [-0.25, -0.2) is 0 Å². The lowest BCUT2D eigenvalue weighted by molar-refractivity contribution is 0.397. The zero-order valence-corrected chi connectivity index (χ0v) is 17.4. The van der Waals surface area contributed by atoms with Gasteiger partial charge in [-0.3, -0.25) is 0 Å². The third kappa shape index (κ3) is 18.3. The lowest BCUT2D eigenvalue weighted by atomic mass is 9.92. The van der Waals surface area contributed by atoms with E-state index in [4.69, 9.17) is 0 Å². The standard InChI is InChI=1S/C24H49/c1-4-7-9-10-11-12-13-14-15-16-17-18-19-21-23-24(6-3)22-20-8-5-2/h24H,2,4-23H2,1,3H3. The first-order valence-electron chi connectivity index (χ1n) is 11.6. The van der Waals surface area contributed by atoms with E-state index in [9.17, 15) is 0 Å². The predicted molar refractivity (Wildman–Crippen MR) is 113 cm³/mol. The van der Waals surface area contributed by atoms with Gasteiger partial charge in [0.1, 0.15) is 0 Å². The Labute approximate surface area is 155 Å². The molecule has 0 amide bonds. The molecule has 0 aromatic rings. The van der Waals surface area contributed by atoms with Gasteiger partial charge in [0, 0.05) is 0 Å². The number of rotatable bonds is 20. The van der Waals surface area contributed by atoms with Crippen LogP contribution < -0.4 is 0 Å². The highest BCUT2D eigenvalue weighted by atomic mass is 14.1. The maximum atomic E-state index is 3.95. The van der Waals surface area contributed by atoms with Crippen LogP contribution in [0.2, 0.25) is 0 Å². The first-order chi connectivity index (χ1) is 11.8. The number of unbranched alkanes of at least 4 members (excludes halogenated alkanes) is 15. The van der Waals surface area contributed by atoms with Gasteiger partial charge >= 0.3 is 0 Å². The van der Waals surface area contributed by atoms with Crippen LogP contribution in [0.3, 0.4) is 0 Å². The van der Waals surface area contributed by atoms with Gasteiger partial charge in [-0.1, -0.05) is 149 Å². The summed E-state index contributed by atoms with van der Waals surface area (Å²) in [7, 11) is 0. The van der Waals surface area contributed by atoms with Crippen molar-refractivity contribution in [2.45, 2.75) is 142 Å². The highest BCUT2D eigenvalue weighted by Crippen LogP contribution is 2.21. The van der Waals surface area contributed by atoms with Crippen LogP contribution in [-0.2, 0) is 0 Å². The molecule has 1 atom stereocenters. The minimum atomic E-state index is 0.994. The topological polar surface area (TPSA) is 0 Å². The third-order valence-corrected chi connectivity index (χ3v) is 5.66. The molecule has 0 rings (SSSR count). The fourth-order valence-electron chi connectivity index (χ4n) is 3.79. The molecule has 0 spiro atoms. The molecule has 24 heavy (non-hydrogen) atoms. The molecule has 0 saturated heterocycles.